The lowest BCUT2D eigenvalue weighted by molar-refractivity contribution is 0.734. The Kier molecular flexibility index (Phi) is 3.99. The molecule has 6 heteroatoms. The van der Waals surface area contributed by atoms with Crippen LogP contribution in [-0.2, 0) is 20.0 Å². The zero-order chi connectivity index (χ0) is 13.8. The first-order valence-electron chi connectivity index (χ1n) is 6.44. The Labute approximate surface area is 113 Å². The second-order valence-electron chi connectivity index (χ2n) is 4.59. The maximum absolute atomic E-state index is 6.10. The highest BCUT2D eigenvalue weighted by Crippen LogP contribution is 2.23. The number of aromatic nitrogens is 4. The molecule has 0 bridgehead atoms. The van der Waals surface area contributed by atoms with Crippen molar-refractivity contribution in [3.63, 3.8) is 0 Å². The minimum absolute atomic E-state index is 0.586. The Hall–Kier alpha value is -2.11. The van der Waals surface area contributed by atoms with Crippen LogP contribution in [0, 0.1) is 6.92 Å². The van der Waals surface area contributed by atoms with E-state index in [1.54, 1.807) is 17.1 Å². The molecule has 2 aromatic heterocycles. The highest BCUT2D eigenvalue weighted by atomic mass is 15.3. The third kappa shape index (κ3) is 3.01. The summed E-state index contributed by atoms with van der Waals surface area (Å²) in [5.41, 5.74) is 9.56. The minimum Gasteiger partial charge on any atom is -0.394 e. The van der Waals surface area contributed by atoms with Gasteiger partial charge in [0.25, 0.3) is 0 Å². The summed E-state index contributed by atoms with van der Waals surface area (Å²) in [5, 5.41) is 7.69. The smallest absolute Gasteiger partial charge is 0.148 e. The van der Waals surface area contributed by atoms with Crippen molar-refractivity contribution < 1.29 is 0 Å². The Morgan fingerprint density at radius 3 is 2.74 bits per heavy atom. The zero-order valence-electron chi connectivity index (χ0n) is 11.6. The van der Waals surface area contributed by atoms with Crippen molar-refractivity contribution in [3.8, 4) is 0 Å². The first-order valence-corrected chi connectivity index (χ1v) is 6.44. The summed E-state index contributed by atoms with van der Waals surface area (Å²) in [5.74, 6) is 0.839. The topological polar surface area (TPSA) is 81.7 Å². The molecule has 19 heavy (non-hydrogen) atoms. The van der Waals surface area contributed by atoms with Crippen molar-refractivity contribution in [1.29, 1.82) is 0 Å². The monoisotopic (exact) mass is 260 g/mol. The van der Waals surface area contributed by atoms with Gasteiger partial charge in [-0.3, -0.25) is 14.6 Å². The van der Waals surface area contributed by atoms with Crippen molar-refractivity contribution in [2.45, 2.75) is 33.2 Å². The molecule has 0 saturated carbocycles. The summed E-state index contributed by atoms with van der Waals surface area (Å²) in [6.07, 6.45) is 5.45. The molecule has 0 fully saturated rings. The quantitative estimate of drug-likeness (QED) is 0.854. The summed E-state index contributed by atoms with van der Waals surface area (Å²) in [6, 6.07) is 0. The van der Waals surface area contributed by atoms with Crippen molar-refractivity contribution in [3.05, 3.63) is 29.5 Å². The Bertz CT molecular complexity index is 543. The Morgan fingerprint density at radius 1 is 1.32 bits per heavy atom. The lowest BCUT2D eigenvalue weighted by Crippen LogP contribution is -2.08. The number of hydrogen-bond donors (Lipinski definition) is 2. The van der Waals surface area contributed by atoms with E-state index in [0.717, 1.165) is 41.4 Å². The molecule has 0 amide bonds. The van der Waals surface area contributed by atoms with Crippen molar-refractivity contribution >= 4 is 11.5 Å². The molecule has 0 saturated heterocycles. The standard InChI is InChI=1S/C13H20N6/c1-4-5-11-12(14)13(19(3)18-11)17-8-10-7-15-9(2)6-16-10/h6-7,17H,4-5,8,14H2,1-3H3. The average molecular weight is 260 g/mol. The van der Waals surface area contributed by atoms with Gasteiger partial charge in [0.2, 0.25) is 0 Å². The van der Waals surface area contributed by atoms with Gasteiger partial charge in [-0.25, -0.2) is 0 Å². The lowest BCUT2D eigenvalue weighted by Gasteiger charge is -2.07. The number of nitrogens with one attached hydrogen (secondary N) is 1. The van der Waals surface area contributed by atoms with Gasteiger partial charge in [-0.15, -0.1) is 0 Å². The second-order valence-corrected chi connectivity index (χ2v) is 4.59. The Morgan fingerprint density at radius 2 is 2.11 bits per heavy atom. The summed E-state index contributed by atoms with van der Waals surface area (Å²) >= 11 is 0. The number of nitrogens with zero attached hydrogens (tertiary/aromatic N) is 4. The molecule has 2 rings (SSSR count). The van der Waals surface area contributed by atoms with E-state index in [4.69, 9.17) is 5.73 Å². The van der Waals surface area contributed by atoms with Gasteiger partial charge in [0.1, 0.15) is 5.82 Å². The molecule has 2 heterocycles. The number of nitrogens with two attached hydrogens (primary N) is 1. The van der Waals surface area contributed by atoms with Gasteiger partial charge in [-0.2, -0.15) is 5.10 Å². The molecule has 0 aliphatic carbocycles. The van der Waals surface area contributed by atoms with E-state index in [-0.39, 0.29) is 0 Å². The number of aryl methyl sites for hydroxylation is 3. The largest absolute Gasteiger partial charge is 0.394 e. The molecule has 0 aromatic carbocycles. The fourth-order valence-electron chi connectivity index (χ4n) is 1.91. The summed E-state index contributed by atoms with van der Waals surface area (Å²) in [4.78, 5) is 8.52. The van der Waals surface area contributed by atoms with E-state index in [0.29, 0.717) is 6.54 Å². The predicted octanol–water partition coefficient (Wildman–Crippen LogP) is 1.67. The van der Waals surface area contributed by atoms with Crippen LogP contribution >= 0.6 is 0 Å². The molecule has 6 nitrogen and oxygen atoms in total. The zero-order valence-corrected chi connectivity index (χ0v) is 11.6. The molecule has 2 aromatic rings. The van der Waals surface area contributed by atoms with E-state index in [1.807, 2.05) is 14.0 Å². The summed E-state index contributed by atoms with van der Waals surface area (Å²) in [6.45, 7) is 4.62. The maximum Gasteiger partial charge on any atom is 0.148 e. The predicted molar refractivity (Wildman–Crippen MR) is 75.7 cm³/mol. The van der Waals surface area contributed by atoms with E-state index < -0.39 is 0 Å². The van der Waals surface area contributed by atoms with E-state index in [2.05, 4.69) is 27.3 Å². The second kappa shape index (κ2) is 5.69. The number of hydrogen-bond acceptors (Lipinski definition) is 5. The summed E-state index contributed by atoms with van der Waals surface area (Å²) in [7, 11) is 1.89. The van der Waals surface area contributed by atoms with Crippen LogP contribution in [-0.4, -0.2) is 19.7 Å². The maximum atomic E-state index is 6.10. The lowest BCUT2D eigenvalue weighted by atomic mass is 10.2. The molecule has 0 aliphatic heterocycles. The summed E-state index contributed by atoms with van der Waals surface area (Å²) < 4.78 is 1.78. The van der Waals surface area contributed by atoms with Crippen LogP contribution in [0.4, 0.5) is 11.5 Å². The molecule has 0 unspecified atom stereocenters. The molecule has 102 valence electrons. The number of rotatable bonds is 5. The van der Waals surface area contributed by atoms with Crippen LogP contribution in [0.3, 0.4) is 0 Å². The van der Waals surface area contributed by atoms with Crippen molar-refractivity contribution in [2.75, 3.05) is 11.1 Å². The van der Waals surface area contributed by atoms with E-state index >= 15 is 0 Å². The van der Waals surface area contributed by atoms with Gasteiger partial charge in [0, 0.05) is 13.2 Å². The number of nitrogen functional groups attached to an aromatic ring is 1. The van der Waals surface area contributed by atoms with Crippen LogP contribution in [0.15, 0.2) is 12.4 Å². The van der Waals surface area contributed by atoms with Gasteiger partial charge in [-0.1, -0.05) is 13.3 Å². The molecule has 0 spiro atoms. The first-order chi connectivity index (χ1) is 9.11. The number of anilines is 2. The van der Waals surface area contributed by atoms with Crippen molar-refractivity contribution in [1.82, 2.24) is 19.7 Å². The van der Waals surface area contributed by atoms with Crippen LogP contribution in [0.5, 0.6) is 0 Å². The van der Waals surface area contributed by atoms with Gasteiger partial charge >= 0.3 is 0 Å². The normalized spacial score (nSPS) is 10.7. The molecule has 0 radical (unpaired) electrons. The van der Waals surface area contributed by atoms with Crippen molar-refractivity contribution in [2.24, 2.45) is 7.05 Å². The van der Waals surface area contributed by atoms with E-state index in [1.165, 1.54) is 0 Å². The third-order valence-electron chi connectivity index (χ3n) is 2.92. The van der Waals surface area contributed by atoms with Crippen LogP contribution in [0.25, 0.3) is 0 Å². The van der Waals surface area contributed by atoms with Crippen LogP contribution < -0.4 is 11.1 Å². The molecular formula is C13H20N6. The third-order valence-corrected chi connectivity index (χ3v) is 2.92. The highest BCUT2D eigenvalue weighted by Gasteiger charge is 2.12. The van der Waals surface area contributed by atoms with Gasteiger partial charge in [0.05, 0.1) is 35.5 Å². The minimum atomic E-state index is 0.586. The van der Waals surface area contributed by atoms with Gasteiger partial charge in [0.15, 0.2) is 0 Å². The fraction of sp³-hybridized carbons (Fsp3) is 0.462. The van der Waals surface area contributed by atoms with E-state index in [9.17, 15) is 0 Å². The fourth-order valence-corrected chi connectivity index (χ4v) is 1.91. The Balaban J connectivity index is 2.09. The van der Waals surface area contributed by atoms with Gasteiger partial charge in [-0.05, 0) is 13.3 Å². The first kappa shape index (κ1) is 13.3. The SMILES string of the molecule is CCCc1nn(C)c(NCc2cnc(C)cn2)c1N. The molecular weight excluding hydrogens is 240 g/mol. The van der Waals surface area contributed by atoms with Crippen LogP contribution in [0.2, 0.25) is 0 Å². The molecule has 0 aliphatic rings. The highest BCUT2D eigenvalue weighted by molar-refractivity contribution is 5.65. The average Bonchev–Trinajstić information content (AvgIpc) is 2.65. The van der Waals surface area contributed by atoms with Crippen LogP contribution in [0.1, 0.15) is 30.4 Å². The molecule has 3 N–H and O–H groups in total. The van der Waals surface area contributed by atoms with Gasteiger partial charge < -0.3 is 11.1 Å². The molecule has 0 atom stereocenters.